The fourth-order valence-corrected chi connectivity index (χ4v) is 5.04. The molecule has 20 heavy (non-hydrogen) atoms. The summed E-state index contributed by atoms with van der Waals surface area (Å²) in [6.07, 6.45) is 2.15. The van der Waals surface area contributed by atoms with Gasteiger partial charge in [0.15, 0.2) is 0 Å². The van der Waals surface area contributed by atoms with Gasteiger partial charge in [-0.25, -0.2) is 0 Å². The van der Waals surface area contributed by atoms with E-state index in [0.29, 0.717) is 5.92 Å². The van der Waals surface area contributed by atoms with E-state index in [0.717, 1.165) is 19.6 Å². The van der Waals surface area contributed by atoms with Crippen LogP contribution in [0.4, 0.5) is 0 Å². The summed E-state index contributed by atoms with van der Waals surface area (Å²) in [6, 6.07) is 6.51. The van der Waals surface area contributed by atoms with E-state index in [9.17, 15) is 0 Å². The van der Waals surface area contributed by atoms with Gasteiger partial charge >= 0.3 is 0 Å². The lowest BCUT2D eigenvalue weighted by molar-refractivity contribution is 0.106. The zero-order valence-electron chi connectivity index (χ0n) is 11.6. The monoisotopic (exact) mass is 436 g/mol. The van der Waals surface area contributed by atoms with Crippen molar-refractivity contribution in [2.24, 2.45) is 5.92 Å². The molecule has 0 bridgehead atoms. The lowest BCUT2D eigenvalue weighted by atomic mass is 10.1. The average Bonchev–Trinajstić information content (AvgIpc) is 3.00. The summed E-state index contributed by atoms with van der Waals surface area (Å²) in [5, 5.41) is 0. The minimum atomic E-state index is 0.650. The van der Waals surface area contributed by atoms with Crippen LogP contribution in [0.3, 0.4) is 0 Å². The molecule has 0 amide bonds. The van der Waals surface area contributed by atoms with E-state index in [1.54, 1.807) is 22.7 Å². The number of rotatable bonds is 7. The molecular weight excluding hydrogens is 420 g/mol. The van der Waals surface area contributed by atoms with Gasteiger partial charge in [-0.15, -0.1) is 22.7 Å². The molecule has 0 N–H and O–H groups in total. The average molecular weight is 438 g/mol. The van der Waals surface area contributed by atoms with E-state index < -0.39 is 0 Å². The Morgan fingerprint density at radius 1 is 1.20 bits per heavy atom. The first-order valence-electron chi connectivity index (χ1n) is 6.71. The van der Waals surface area contributed by atoms with Crippen LogP contribution >= 0.6 is 54.5 Å². The second-order valence-corrected chi connectivity index (χ2v) is 9.74. The Kier molecular flexibility index (Phi) is 6.75. The number of thiophene rings is 2. The quantitative estimate of drug-likeness (QED) is 0.443. The molecule has 1 nitrogen and oxygen atoms in total. The Labute approximate surface area is 145 Å². The molecule has 0 unspecified atom stereocenters. The van der Waals surface area contributed by atoms with Gasteiger partial charge in [0.25, 0.3) is 0 Å². The Morgan fingerprint density at radius 3 is 2.65 bits per heavy atom. The summed E-state index contributed by atoms with van der Waals surface area (Å²) in [4.78, 5) is 2.68. The normalized spacial score (nSPS) is 12.8. The second-order valence-electron chi connectivity index (χ2n) is 4.85. The largest absolute Gasteiger partial charge is 0.381 e. The Bertz CT molecular complexity index is 548. The third-order valence-corrected chi connectivity index (χ3v) is 6.67. The minimum absolute atomic E-state index is 0.650. The molecule has 1 atom stereocenters. The summed E-state index contributed by atoms with van der Waals surface area (Å²) in [5.41, 5.74) is 1.38. The SMILES string of the molecule is CC[C@H](C)COCCc1cc(Br)sc1-c1ccc(Br)s1. The van der Waals surface area contributed by atoms with Crippen LogP contribution in [0.15, 0.2) is 25.8 Å². The zero-order valence-corrected chi connectivity index (χ0v) is 16.4. The number of hydrogen-bond donors (Lipinski definition) is 0. The first kappa shape index (κ1) is 16.7. The minimum Gasteiger partial charge on any atom is -0.381 e. The smallest absolute Gasteiger partial charge is 0.0708 e. The van der Waals surface area contributed by atoms with Gasteiger partial charge in [0.05, 0.1) is 14.2 Å². The molecule has 0 saturated carbocycles. The van der Waals surface area contributed by atoms with Gasteiger partial charge in [-0.2, -0.15) is 0 Å². The van der Waals surface area contributed by atoms with E-state index in [4.69, 9.17) is 4.74 Å². The van der Waals surface area contributed by atoms with Gasteiger partial charge in [-0.05, 0) is 68.0 Å². The number of halogens is 2. The van der Waals surface area contributed by atoms with Gasteiger partial charge in [0.2, 0.25) is 0 Å². The molecule has 2 heterocycles. The lowest BCUT2D eigenvalue weighted by Crippen LogP contribution is -2.07. The number of hydrogen-bond acceptors (Lipinski definition) is 3. The van der Waals surface area contributed by atoms with Crippen LogP contribution in [-0.2, 0) is 11.2 Å². The van der Waals surface area contributed by atoms with Crippen LogP contribution in [0.2, 0.25) is 0 Å². The van der Waals surface area contributed by atoms with Gasteiger partial charge in [-0.1, -0.05) is 20.3 Å². The van der Waals surface area contributed by atoms with Crippen LogP contribution in [0.25, 0.3) is 9.75 Å². The van der Waals surface area contributed by atoms with Crippen molar-refractivity contribution in [3.05, 3.63) is 31.3 Å². The maximum atomic E-state index is 5.78. The topological polar surface area (TPSA) is 9.23 Å². The first-order chi connectivity index (χ1) is 9.60. The maximum absolute atomic E-state index is 5.78. The molecule has 0 spiro atoms. The predicted octanol–water partition coefficient (Wildman–Crippen LogP) is 6.61. The molecule has 0 aliphatic heterocycles. The number of ether oxygens (including phenoxy) is 1. The van der Waals surface area contributed by atoms with Crippen molar-refractivity contribution in [1.29, 1.82) is 0 Å². The van der Waals surface area contributed by atoms with Crippen LogP contribution in [-0.4, -0.2) is 13.2 Å². The zero-order chi connectivity index (χ0) is 14.5. The molecule has 0 saturated heterocycles. The highest BCUT2D eigenvalue weighted by molar-refractivity contribution is 9.11. The molecule has 2 aromatic rings. The van der Waals surface area contributed by atoms with E-state index in [-0.39, 0.29) is 0 Å². The van der Waals surface area contributed by atoms with Crippen molar-refractivity contribution in [3.8, 4) is 9.75 Å². The van der Waals surface area contributed by atoms with Crippen LogP contribution in [0, 0.1) is 5.92 Å². The van der Waals surface area contributed by atoms with Gasteiger partial charge in [0.1, 0.15) is 0 Å². The van der Waals surface area contributed by atoms with E-state index in [2.05, 4.69) is 63.9 Å². The Hall–Kier alpha value is 0.320. The highest BCUT2D eigenvalue weighted by atomic mass is 79.9. The Morgan fingerprint density at radius 2 is 2.00 bits per heavy atom. The van der Waals surface area contributed by atoms with Crippen LogP contribution in [0.5, 0.6) is 0 Å². The standard InChI is InChI=1S/C15H18Br2OS2/c1-3-10(2)9-18-7-6-11-8-14(17)20-15(11)12-4-5-13(16)19-12/h4-5,8,10H,3,6-7,9H2,1-2H3/t10-/m0/s1. The molecule has 0 fully saturated rings. The molecule has 5 heteroatoms. The lowest BCUT2D eigenvalue weighted by Gasteiger charge is -2.09. The predicted molar refractivity (Wildman–Crippen MR) is 97.0 cm³/mol. The van der Waals surface area contributed by atoms with Crippen molar-refractivity contribution in [3.63, 3.8) is 0 Å². The van der Waals surface area contributed by atoms with E-state index >= 15 is 0 Å². The van der Waals surface area contributed by atoms with Crippen molar-refractivity contribution in [2.45, 2.75) is 26.7 Å². The van der Waals surface area contributed by atoms with Crippen LogP contribution in [0.1, 0.15) is 25.8 Å². The van der Waals surface area contributed by atoms with Crippen LogP contribution < -0.4 is 0 Å². The third kappa shape index (κ3) is 4.67. The fourth-order valence-electron chi connectivity index (χ4n) is 1.81. The van der Waals surface area contributed by atoms with Crippen molar-refractivity contribution in [2.75, 3.05) is 13.2 Å². The summed E-state index contributed by atoms with van der Waals surface area (Å²) in [6.45, 7) is 6.10. The van der Waals surface area contributed by atoms with E-state index in [1.165, 1.54) is 29.3 Å². The highest BCUT2D eigenvalue weighted by Gasteiger charge is 2.12. The molecule has 2 aromatic heterocycles. The molecule has 0 aromatic carbocycles. The van der Waals surface area contributed by atoms with E-state index in [1.807, 2.05) is 0 Å². The maximum Gasteiger partial charge on any atom is 0.0708 e. The summed E-state index contributed by atoms with van der Waals surface area (Å²) in [7, 11) is 0. The third-order valence-electron chi connectivity index (χ3n) is 3.19. The second kappa shape index (κ2) is 8.08. The van der Waals surface area contributed by atoms with Crippen molar-refractivity contribution in [1.82, 2.24) is 0 Å². The van der Waals surface area contributed by atoms with Crippen molar-refractivity contribution < 1.29 is 4.74 Å². The first-order valence-corrected chi connectivity index (χ1v) is 9.93. The molecule has 110 valence electrons. The van der Waals surface area contributed by atoms with Gasteiger partial charge in [0, 0.05) is 16.4 Å². The van der Waals surface area contributed by atoms with Gasteiger partial charge < -0.3 is 4.74 Å². The fraction of sp³-hybridized carbons (Fsp3) is 0.467. The molecule has 2 rings (SSSR count). The molecular formula is C15H18Br2OS2. The summed E-state index contributed by atoms with van der Waals surface area (Å²) >= 11 is 10.7. The summed E-state index contributed by atoms with van der Waals surface area (Å²) < 4.78 is 8.14. The molecule has 0 aliphatic carbocycles. The highest BCUT2D eigenvalue weighted by Crippen LogP contribution is 2.40. The van der Waals surface area contributed by atoms with Gasteiger partial charge in [-0.3, -0.25) is 0 Å². The molecule has 0 aliphatic rings. The molecule has 0 radical (unpaired) electrons. The summed E-state index contributed by atoms with van der Waals surface area (Å²) in [5.74, 6) is 0.650. The van der Waals surface area contributed by atoms with Crippen molar-refractivity contribution >= 4 is 54.5 Å². The Balaban J connectivity index is 1.98.